The zero-order valence-electron chi connectivity index (χ0n) is 12.1. The Morgan fingerprint density at radius 2 is 1.84 bits per heavy atom. The molecule has 19 heavy (non-hydrogen) atoms. The lowest BCUT2D eigenvalue weighted by atomic mass is 10.1. The number of aliphatic carboxylic acids is 1. The molecule has 0 aromatic carbocycles. The van der Waals surface area contributed by atoms with E-state index in [1.807, 2.05) is 11.9 Å². The predicted molar refractivity (Wildman–Crippen MR) is 73.1 cm³/mol. The molecule has 1 fully saturated rings. The van der Waals surface area contributed by atoms with E-state index in [4.69, 9.17) is 5.11 Å². The third-order valence-electron chi connectivity index (χ3n) is 3.61. The maximum atomic E-state index is 12.2. The maximum absolute atomic E-state index is 12.2. The van der Waals surface area contributed by atoms with E-state index in [2.05, 4.69) is 13.8 Å². The van der Waals surface area contributed by atoms with Crippen molar-refractivity contribution < 1.29 is 14.7 Å². The van der Waals surface area contributed by atoms with Gasteiger partial charge in [0.15, 0.2) is 0 Å². The van der Waals surface area contributed by atoms with Gasteiger partial charge >= 0.3 is 12.0 Å². The molecule has 1 rings (SSSR count). The number of piperazine rings is 1. The largest absolute Gasteiger partial charge is 0.480 e. The van der Waals surface area contributed by atoms with Crippen LogP contribution >= 0.6 is 0 Å². The first-order valence-corrected chi connectivity index (χ1v) is 6.88. The number of hydrogen-bond acceptors (Lipinski definition) is 3. The van der Waals surface area contributed by atoms with Crippen LogP contribution in [0.5, 0.6) is 0 Å². The fraction of sp³-hybridized carbons (Fsp3) is 0.846. The van der Waals surface area contributed by atoms with Crippen LogP contribution in [0.1, 0.15) is 20.3 Å². The van der Waals surface area contributed by atoms with Crippen molar-refractivity contribution in [2.45, 2.75) is 20.3 Å². The average molecular weight is 271 g/mol. The number of carbonyl (C=O) groups is 2. The second-order valence-electron chi connectivity index (χ2n) is 5.33. The van der Waals surface area contributed by atoms with Crippen LogP contribution in [0.15, 0.2) is 0 Å². The zero-order chi connectivity index (χ0) is 14.4. The highest BCUT2D eigenvalue weighted by Gasteiger charge is 2.24. The molecule has 1 N–H and O–H groups in total. The van der Waals surface area contributed by atoms with Crippen molar-refractivity contribution in [2.75, 3.05) is 46.3 Å². The van der Waals surface area contributed by atoms with Crippen molar-refractivity contribution >= 4 is 12.0 Å². The van der Waals surface area contributed by atoms with Crippen molar-refractivity contribution in [3.8, 4) is 0 Å². The molecule has 110 valence electrons. The number of hydrogen-bond donors (Lipinski definition) is 1. The summed E-state index contributed by atoms with van der Waals surface area (Å²) in [6.45, 7) is 7.57. The molecule has 1 heterocycles. The van der Waals surface area contributed by atoms with Gasteiger partial charge in [-0.05, 0) is 5.92 Å². The first-order valence-electron chi connectivity index (χ1n) is 6.88. The van der Waals surface area contributed by atoms with Gasteiger partial charge in [0, 0.05) is 39.8 Å². The minimum atomic E-state index is -0.811. The molecule has 0 aromatic heterocycles. The Hall–Kier alpha value is -1.30. The summed E-state index contributed by atoms with van der Waals surface area (Å²) in [4.78, 5) is 28.2. The average Bonchev–Trinajstić information content (AvgIpc) is 2.37. The van der Waals surface area contributed by atoms with E-state index in [0.29, 0.717) is 32.1 Å². The molecule has 2 amide bonds. The number of nitrogens with zero attached hydrogens (tertiary/aromatic N) is 3. The monoisotopic (exact) mass is 271 g/mol. The van der Waals surface area contributed by atoms with Gasteiger partial charge in [0.1, 0.15) is 0 Å². The molecule has 0 aliphatic carbocycles. The standard InChI is InChI=1S/C13H25N3O3/c1-4-11(2)9-14(3)13(19)16-7-5-15(6-8-16)10-12(17)18/h11H,4-10H2,1-3H3,(H,17,18). The lowest BCUT2D eigenvalue weighted by molar-refractivity contribution is -0.138. The van der Waals surface area contributed by atoms with E-state index in [0.717, 1.165) is 13.0 Å². The molecule has 0 saturated carbocycles. The van der Waals surface area contributed by atoms with Crippen LogP contribution in [0.2, 0.25) is 0 Å². The summed E-state index contributed by atoms with van der Waals surface area (Å²) in [5, 5.41) is 8.72. The summed E-state index contributed by atoms with van der Waals surface area (Å²) in [5.74, 6) is -0.309. The molecule has 1 unspecified atom stereocenters. The third kappa shape index (κ3) is 5.06. The molecule has 0 bridgehead atoms. The van der Waals surface area contributed by atoms with Gasteiger partial charge in [-0.1, -0.05) is 20.3 Å². The molecule has 6 heteroatoms. The summed E-state index contributed by atoms with van der Waals surface area (Å²) in [6.07, 6.45) is 1.06. The Kier molecular flexibility index (Phi) is 6.08. The highest BCUT2D eigenvalue weighted by molar-refractivity contribution is 5.74. The van der Waals surface area contributed by atoms with Crippen LogP contribution in [0, 0.1) is 5.92 Å². The normalized spacial score (nSPS) is 18.2. The van der Waals surface area contributed by atoms with Gasteiger partial charge in [0.05, 0.1) is 6.54 Å². The second kappa shape index (κ2) is 7.33. The minimum Gasteiger partial charge on any atom is -0.480 e. The molecular weight excluding hydrogens is 246 g/mol. The Morgan fingerprint density at radius 1 is 1.26 bits per heavy atom. The molecular formula is C13H25N3O3. The van der Waals surface area contributed by atoms with Crippen molar-refractivity contribution in [1.29, 1.82) is 0 Å². The molecule has 1 aliphatic heterocycles. The highest BCUT2D eigenvalue weighted by Crippen LogP contribution is 2.08. The first kappa shape index (κ1) is 15.8. The van der Waals surface area contributed by atoms with Gasteiger partial charge in [0.2, 0.25) is 0 Å². The number of carboxylic acids is 1. The van der Waals surface area contributed by atoms with E-state index in [-0.39, 0.29) is 12.6 Å². The molecule has 0 radical (unpaired) electrons. The van der Waals surface area contributed by atoms with Crippen LogP contribution in [0.3, 0.4) is 0 Å². The molecule has 1 aliphatic rings. The number of amides is 2. The van der Waals surface area contributed by atoms with E-state index in [1.165, 1.54) is 0 Å². The molecule has 6 nitrogen and oxygen atoms in total. The van der Waals surface area contributed by atoms with Crippen LogP contribution in [0.4, 0.5) is 4.79 Å². The van der Waals surface area contributed by atoms with E-state index < -0.39 is 5.97 Å². The topological polar surface area (TPSA) is 64.1 Å². The number of rotatable bonds is 5. The quantitative estimate of drug-likeness (QED) is 0.803. The van der Waals surface area contributed by atoms with Gasteiger partial charge in [-0.15, -0.1) is 0 Å². The fourth-order valence-electron chi connectivity index (χ4n) is 2.20. The molecule has 1 atom stereocenters. The SMILES string of the molecule is CCC(C)CN(C)C(=O)N1CCN(CC(=O)O)CC1. The summed E-state index contributed by atoms with van der Waals surface area (Å²) >= 11 is 0. The van der Waals surface area contributed by atoms with E-state index in [9.17, 15) is 9.59 Å². The first-order chi connectivity index (χ1) is 8.93. The number of urea groups is 1. The van der Waals surface area contributed by atoms with Gasteiger partial charge in [0.25, 0.3) is 0 Å². The van der Waals surface area contributed by atoms with Crippen LogP contribution < -0.4 is 0 Å². The Bertz CT molecular complexity index is 314. The third-order valence-corrected chi connectivity index (χ3v) is 3.61. The zero-order valence-corrected chi connectivity index (χ0v) is 12.1. The van der Waals surface area contributed by atoms with Crippen LogP contribution in [0.25, 0.3) is 0 Å². The minimum absolute atomic E-state index is 0.0512. The van der Waals surface area contributed by atoms with E-state index in [1.54, 1.807) is 9.80 Å². The predicted octanol–water partition coefficient (Wildman–Crippen LogP) is 0.787. The van der Waals surface area contributed by atoms with Crippen LogP contribution in [-0.2, 0) is 4.79 Å². The Balaban J connectivity index is 2.37. The van der Waals surface area contributed by atoms with Crippen molar-refractivity contribution in [2.24, 2.45) is 5.92 Å². The van der Waals surface area contributed by atoms with Gasteiger partial charge in [-0.3, -0.25) is 9.69 Å². The lowest BCUT2D eigenvalue weighted by Gasteiger charge is -2.36. The number of carbonyl (C=O) groups excluding carboxylic acids is 1. The number of carboxylic acid groups (broad SMARTS) is 1. The molecule has 1 saturated heterocycles. The van der Waals surface area contributed by atoms with Crippen molar-refractivity contribution in [1.82, 2.24) is 14.7 Å². The summed E-state index contributed by atoms with van der Waals surface area (Å²) in [6, 6.07) is 0.0512. The van der Waals surface area contributed by atoms with Crippen molar-refractivity contribution in [3.63, 3.8) is 0 Å². The smallest absolute Gasteiger partial charge is 0.319 e. The second-order valence-corrected chi connectivity index (χ2v) is 5.33. The Labute approximate surface area is 115 Å². The van der Waals surface area contributed by atoms with Gasteiger partial charge in [-0.2, -0.15) is 0 Å². The summed E-state index contributed by atoms with van der Waals surface area (Å²) < 4.78 is 0. The maximum Gasteiger partial charge on any atom is 0.319 e. The van der Waals surface area contributed by atoms with Crippen LogP contribution in [-0.4, -0.2) is 78.1 Å². The molecule has 0 spiro atoms. The Morgan fingerprint density at radius 3 is 2.32 bits per heavy atom. The van der Waals surface area contributed by atoms with Crippen molar-refractivity contribution in [3.05, 3.63) is 0 Å². The summed E-state index contributed by atoms with van der Waals surface area (Å²) in [5.41, 5.74) is 0. The lowest BCUT2D eigenvalue weighted by Crippen LogP contribution is -2.53. The van der Waals surface area contributed by atoms with Gasteiger partial charge < -0.3 is 14.9 Å². The molecule has 0 aromatic rings. The van der Waals surface area contributed by atoms with E-state index >= 15 is 0 Å². The highest BCUT2D eigenvalue weighted by atomic mass is 16.4. The van der Waals surface area contributed by atoms with Gasteiger partial charge in [-0.25, -0.2) is 4.79 Å². The summed E-state index contributed by atoms with van der Waals surface area (Å²) in [7, 11) is 1.83. The fourth-order valence-corrected chi connectivity index (χ4v) is 2.20.